The molecule has 0 aliphatic carbocycles. The minimum absolute atomic E-state index is 0.202. The Kier molecular flexibility index (Phi) is 2.84. The summed E-state index contributed by atoms with van der Waals surface area (Å²) in [6.45, 7) is 2.13. The van der Waals surface area contributed by atoms with Gasteiger partial charge in [0, 0.05) is 25.3 Å². The molecule has 1 atom stereocenters. The van der Waals surface area contributed by atoms with Crippen molar-refractivity contribution in [1.82, 2.24) is 4.57 Å². The summed E-state index contributed by atoms with van der Waals surface area (Å²) < 4.78 is 6.84. The van der Waals surface area contributed by atoms with Crippen molar-refractivity contribution in [2.24, 2.45) is 5.92 Å². The molecular weight excluding hydrogens is 192 g/mol. The second-order valence-corrected chi connectivity index (χ2v) is 3.72. The van der Waals surface area contributed by atoms with Crippen molar-refractivity contribution in [3.8, 4) is 6.07 Å². The molecule has 0 amide bonds. The highest BCUT2D eigenvalue weighted by Crippen LogP contribution is 2.13. The first kappa shape index (κ1) is 9.94. The van der Waals surface area contributed by atoms with Crippen LogP contribution in [0.5, 0.6) is 0 Å². The Labute approximate surface area is 87.7 Å². The molecule has 0 aromatic carbocycles. The van der Waals surface area contributed by atoms with Gasteiger partial charge in [-0.15, -0.1) is 0 Å². The topological polar surface area (TPSA) is 55.0 Å². The SMILES string of the molecule is N#Cc1cccn(CC2CCOC2)c1=O. The van der Waals surface area contributed by atoms with Gasteiger partial charge < -0.3 is 9.30 Å². The third-order valence-electron chi connectivity index (χ3n) is 2.62. The molecule has 4 heteroatoms. The highest BCUT2D eigenvalue weighted by Gasteiger charge is 2.16. The van der Waals surface area contributed by atoms with Crippen molar-refractivity contribution in [1.29, 1.82) is 5.26 Å². The van der Waals surface area contributed by atoms with E-state index in [0.717, 1.165) is 13.0 Å². The van der Waals surface area contributed by atoms with E-state index in [1.165, 1.54) is 0 Å². The van der Waals surface area contributed by atoms with Crippen LogP contribution < -0.4 is 5.56 Å². The first-order valence-corrected chi connectivity index (χ1v) is 4.98. The lowest BCUT2D eigenvalue weighted by Gasteiger charge is -2.09. The van der Waals surface area contributed by atoms with Gasteiger partial charge >= 0.3 is 0 Å². The molecule has 4 nitrogen and oxygen atoms in total. The molecular formula is C11H12N2O2. The molecule has 1 aromatic heterocycles. The summed E-state index contributed by atoms with van der Waals surface area (Å²) in [4.78, 5) is 11.7. The van der Waals surface area contributed by atoms with Gasteiger partial charge in [0.05, 0.1) is 6.61 Å². The third-order valence-corrected chi connectivity index (χ3v) is 2.62. The number of rotatable bonds is 2. The summed E-state index contributed by atoms with van der Waals surface area (Å²) in [5, 5.41) is 8.72. The molecule has 0 spiro atoms. The Morgan fingerprint density at radius 3 is 3.20 bits per heavy atom. The molecule has 2 rings (SSSR count). The monoisotopic (exact) mass is 204 g/mol. The minimum Gasteiger partial charge on any atom is -0.381 e. The van der Waals surface area contributed by atoms with E-state index in [9.17, 15) is 4.79 Å². The van der Waals surface area contributed by atoms with Gasteiger partial charge in [-0.2, -0.15) is 5.26 Å². The molecule has 0 bridgehead atoms. The number of hydrogen-bond donors (Lipinski definition) is 0. The van der Waals surface area contributed by atoms with Crippen molar-refractivity contribution < 1.29 is 4.74 Å². The second-order valence-electron chi connectivity index (χ2n) is 3.72. The van der Waals surface area contributed by atoms with E-state index in [1.807, 2.05) is 6.07 Å². The van der Waals surface area contributed by atoms with Crippen LogP contribution in [0, 0.1) is 17.2 Å². The fourth-order valence-corrected chi connectivity index (χ4v) is 1.77. The largest absolute Gasteiger partial charge is 0.381 e. The van der Waals surface area contributed by atoms with Crippen molar-refractivity contribution in [3.05, 3.63) is 34.2 Å². The van der Waals surface area contributed by atoms with Crippen LogP contribution in [0.3, 0.4) is 0 Å². The molecule has 1 fully saturated rings. The zero-order valence-electron chi connectivity index (χ0n) is 8.35. The number of ether oxygens (including phenoxy) is 1. The number of nitriles is 1. The molecule has 15 heavy (non-hydrogen) atoms. The predicted octanol–water partition coefficient (Wildman–Crippen LogP) is 0.756. The smallest absolute Gasteiger partial charge is 0.268 e. The van der Waals surface area contributed by atoms with Gasteiger partial charge in [0.2, 0.25) is 0 Å². The van der Waals surface area contributed by atoms with Crippen molar-refractivity contribution in [3.63, 3.8) is 0 Å². The Bertz CT molecular complexity index is 439. The lowest BCUT2D eigenvalue weighted by molar-refractivity contribution is 0.182. The zero-order valence-corrected chi connectivity index (χ0v) is 8.35. The summed E-state index contributed by atoms with van der Waals surface area (Å²) in [6, 6.07) is 5.17. The molecule has 1 aromatic rings. The second kappa shape index (κ2) is 4.28. The Balaban J connectivity index is 2.21. The van der Waals surface area contributed by atoms with Crippen LogP contribution in [0.4, 0.5) is 0 Å². The van der Waals surface area contributed by atoms with Gasteiger partial charge in [-0.1, -0.05) is 0 Å². The van der Waals surface area contributed by atoms with Crippen LogP contribution in [0.25, 0.3) is 0 Å². The Morgan fingerprint density at radius 2 is 2.53 bits per heavy atom. The summed E-state index contributed by atoms with van der Waals surface area (Å²) in [6.07, 6.45) is 2.71. The Hall–Kier alpha value is -1.60. The lowest BCUT2D eigenvalue weighted by Crippen LogP contribution is -2.25. The van der Waals surface area contributed by atoms with Crippen LogP contribution in [-0.4, -0.2) is 17.8 Å². The molecule has 1 aliphatic rings. The molecule has 0 saturated carbocycles. The van der Waals surface area contributed by atoms with E-state index >= 15 is 0 Å². The van der Waals surface area contributed by atoms with Gasteiger partial charge in [0.15, 0.2) is 0 Å². The van der Waals surface area contributed by atoms with E-state index in [2.05, 4.69) is 0 Å². The molecule has 1 aliphatic heterocycles. The van der Waals surface area contributed by atoms with Crippen LogP contribution in [0.15, 0.2) is 23.1 Å². The fraction of sp³-hybridized carbons (Fsp3) is 0.455. The molecule has 0 radical (unpaired) electrons. The van der Waals surface area contributed by atoms with E-state index in [-0.39, 0.29) is 11.1 Å². The fourth-order valence-electron chi connectivity index (χ4n) is 1.77. The maximum atomic E-state index is 11.7. The van der Waals surface area contributed by atoms with Crippen LogP contribution in [-0.2, 0) is 11.3 Å². The van der Waals surface area contributed by atoms with E-state index in [4.69, 9.17) is 10.00 Å². The molecule has 1 saturated heterocycles. The Morgan fingerprint density at radius 1 is 1.67 bits per heavy atom. The van der Waals surface area contributed by atoms with Crippen molar-refractivity contribution in [2.75, 3.05) is 13.2 Å². The maximum absolute atomic E-state index is 11.7. The van der Waals surface area contributed by atoms with Crippen LogP contribution >= 0.6 is 0 Å². The molecule has 1 unspecified atom stereocenters. The minimum atomic E-state index is -0.202. The first-order chi connectivity index (χ1) is 7.31. The number of hydrogen-bond acceptors (Lipinski definition) is 3. The summed E-state index contributed by atoms with van der Waals surface area (Å²) in [7, 11) is 0. The molecule has 78 valence electrons. The standard InChI is InChI=1S/C11H12N2O2/c12-6-10-2-1-4-13(11(10)14)7-9-3-5-15-8-9/h1-2,4,9H,3,5,7-8H2. The van der Waals surface area contributed by atoms with Crippen LogP contribution in [0.1, 0.15) is 12.0 Å². The van der Waals surface area contributed by atoms with E-state index in [1.54, 1.807) is 22.9 Å². The van der Waals surface area contributed by atoms with Gasteiger partial charge in [-0.3, -0.25) is 4.79 Å². The van der Waals surface area contributed by atoms with Crippen molar-refractivity contribution >= 4 is 0 Å². The zero-order chi connectivity index (χ0) is 10.7. The van der Waals surface area contributed by atoms with Gasteiger partial charge in [0.25, 0.3) is 5.56 Å². The third kappa shape index (κ3) is 2.08. The van der Waals surface area contributed by atoms with Crippen molar-refractivity contribution in [2.45, 2.75) is 13.0 Å². The highest BCUT2D eigenvalue weighted by molar-refractivity contribution is 5.24. The first-order valence-electron chi connectivity index (χ1n) is 4.98. The highest BCUT2D eigenvalue weighted by atomic mass is 16.5. The van der Waals surface area contributed by atoms with Gasteiger partial charge in [-0.25, -0.2) is 0 Å². The van der Waals surface area contributed by atoms with E-state index in [0.29, 0.717) is 19.1 Å². The number of pyridine rings is 1. The lowest BCUT2D eigenvalue weighted by atomic mass is 10.1. The predicted molar refractivity (Wildman–Crippen MR) is 54.3 cm³/mol. The average molecular weight is 204 g/mol. The summed E-state index contributed by atoms with van der Waals surface area (Å²) in [5.41, 5.74) is 0.00307. The van der Waals surface area contributed by atoms with E-state index < -0.39 is 0 Å². The van der Waals surface area contributed by atoms with Gasteiger partial charge in [0.1, 0.15) is 11.6 Å². The summed E-state index contributed by atoms with van der Waals surface area (Å²) >= 11 is 0. The normalized spacial score (nSPS) is 20.1. The van der Waals surface area contributed by atoms with Crippen LogP contribution in [0.2, 0.25) is 0 Å². The number of nitrogens with zero attached hydrogens (tertiary/aromatic N) is 2. The van der Waals surface area contributed by atoms with Gasteiger partial charge in [-0.05, 0) is 18.6 Å². The molecule has 0 N–H and O–H groups in total. The maximum Gasteiger partial charge on any atom is 0.268 e. The quantitative estimate of drug-likeness (QED) is 0.714. The average Bonchev–Trinajstić information content (AvgIpc) is 2.74. The summed E-state index contributed by atoms with van der Waals surface area (Å²) in [5.74, 6) is 0.400. The number of aromatic nitrogens is 1. The molecule has 2 heterocycles.